The summed E-state index contributed by atoms with van der Waals surface area (Å²) in [5, 5.41) is 0.795. The van der Waals surface area contributed by atoms with Crippen LogP contribution >= 0.6 is 11.8 Å². The van der Waals surface area contributed by atoms with E-state index in [-0.39, 0.29) is 18.0 Å². The van der Waals surface area contributed by atoms with Gasteiger partial charge in [0.2, 0.25) is 0 Å². The monoisotopic (exact) mass is 388 g/mol. The van der Waals surface area contributed by atoms with Gasteiger partial charge in [-0.3, -0.25) is 14.7 Å². The molecule has 0 spiro atoms. The van der Waals surface area contributed by atoms with Crippen LogP contribution in [0.4, 0.5) is 0 Å². The molecular formula is C22H32N2O2S. The van der Waals surface area contributed by atoms with Gasteiger partial charge in [-0.2, -0.15) is 0 Å². The summed E-state index contributed by atoms with van der Waals surface area (Å²) in [6.07, 6.45) is 2.00. The molecule has 1 aromatic rings. The van der Waals surface area contributed by atoms with Crippen LogP contribution < -0.4 is 4.74 Å². The molecule has 0 bridgehead atoms. The number of nitrogens with zero attached hydrogens (tertiary/aromatic N) is 2. The van der Waals surface area contributed by atoms with Gasteiger partial charge in [0.05, 0.1) is 11.5 Å². The second-order valence-electron chi connectivity index (χ2n) is 7.72. The number of thioether (sulfide) groups is 1. The number of amidine groups is 1. The highest BCUT2D eigenvalue weighted by Crippen LogP contribution is 2.36. The minimum atomic E-state index is 0.0359. The van der Waals surface area contributed by atoms with Gasteiger partial charge in [0.25, 0.3) is 5.91 Å². The molecule has 0 unspecified atom stereocenters. The first-order valence-electron chi connectivity index (χ1n) is 9.73. The largest absolute Gasteiger partial charge is 0.494 e. The van der Waals surface area contributed by atoms with Crippen molar-refractivity contribution in [1.29, 1.82) is 0 Å². The molecule has 148 valence electrons. The average molecular weight is 389 g/mol. The molecule has 0 aliphatic carbocycles. The molecule has 1 heterocycles. The molecule has 1 amide bonds. The molecule has 0 N–H and O–H groups in total. The maximum Gasteiger partial charge on any atom is 0.266 e. The standard InChI is InChI=1S/C22H32N2O2S/c1-9-26-19-10-16(8)17(11-18(19)13(2)3)12-20-21(25)24(15(6)7)22(27-20)23-14(4)5/h10-15H,9H2,1-8H3/b20-12+,23-22?. The van der Waals surface area contributed by atoms with Crippen molar-refractivity contribution in [1.82, 2.24) is 4.90 Å². The van der Waals surface area contributed by atoms with Crippen molar-refractivity contribution >= 4 is 28.9 Å². The van der Waals surface area contributed by atoms with Gasteiger partial charge in [0.15, 0.2) is 5.17 Å². The van der Waals surface area contributed by atoms with E-state index in [9.17, 15) is 4.79 Å². The topological polar surface area (TPSA) is 41.9 Å². The van der Waals surface area contributed by atoms with Gasteiger partial charge in [-0.15, -0.1) is 0 Å². The normalized spacial score (nSPS) is 18.0. The minimum Gasteiger partial charge on any atom is -0.494 e. The number of rotatable bonds is 6. The number of carbonyl (C=O) groups is 1. The van der Waals surface area contributed by atoms with E-state index < -0.39 is 0 Å². The Morgan fingerprint density at radius 1 is 1.19 bits per heavy atom. The van der Waals surface area contributed by atoms with Crippen molar-refractivity contribution in [3.63, 3.8) is 0 Å². The van der Waals surface area contributed by atoms with Crippen molar-refractivity contribution in [2.45, 2.75) is 73.4 Å². The van der Waals surface area contributed by atoms with Crippen molar-refractivity contribution in [2.75, 3.05) is 6.61 Å². The van der Waals surface area contributed by atoms with Crippen LogP contribution in [0.3, 0.4) is 0 Å². The molecule has 1 saturated heterocycles. The Bertz CT molecular complexity index is 764. The van der Waals surface area contributed by atoms with Crippen LogP contribution in [0.25, 0.3) is 6.08 Å². The lowest BCUT2D eigenvalue weighted by Crippen LogP contribution is -2.35. The van der Waals surface area contributed by atoms with E-state index in [1.807, 2.05) is 40.7 Å². The quantitative estimate of drug-likeness (QED) is 0.595. The van der Waals surface area contributed by atoms with E-state index in [0.29, 0.717) is 12.5 Å². The SMILES string of the molecule is CCOc1cc(C)c(/C=C2/SC(=NC(C)C)N(C(C)C)C2=O)cc1C(C)C. The van der Waals surface area contributed by atoms with Crippen molar-refractivity contribution in [3.8, 4) is 5.75 Å². The third-order valence-electron chi connectivity index (χ3n) is 4.33. The van der Waals surface area contributed by atoms with E-state index >= 15 is 0 Å². The Balaban J connectivity index is 2.49. The molecule has 1 fully saturated rings. The number of benzene rings is 1. The van der Waals surface area contributed by atoms with Crippen molar-refractivity contribution < 1.29 is 9.53 Å². The molecule has 2 rings (SSSR count). The smallest absolute Gasteiger partial charge is 0.266 e. The number of amides is 1. The molecule has 0 atom stereocenters. The number of aliphatic imine (C=N–C) groups is 1. The van der Waals surface area contributed by atoms with Gasteiger partial charge in [0, 0.05) is 12.1 Å². The van der Waals surface area contributed by atoms with Gasteiger partial charge in [0.1, 0.15) is 5.75 Å². The van der Waals surface area contributed by atoms with Crippen LogP contribution in [-0.4, -0.2) is 34.7 Å². The maximum absolute atomic E-state index is 13.0. The summed E-state index contributed by atoms with van der Waals surface area (Å²) in [6.45, 7) is 17.1. The Hall–Kier alpha value is -1.75. The lowest BCUT2D eigenvalue weighted by atomic mass is 9.96. The molecule has 1 aromatic carbocycles. The number of aryl methyl sites for hydroxylation is 1. The van der Waals surface area contributed by atoms with Crippen LogP contribution in [0, 0.1) is 6.92 Å². The molecule has 27 heavy (non-hydrogen) atoms. The molecule has 1 aliphatic heterocycles. The fourth-order valence-corrected chi connectivity index (χ4v) is 4.22. The van der Waals surface area contributed by atoms with Gasteiger partial charge in [-0.25, -0.2) is 0 Å². The Labute approximate surface area is 168 Å². The van der Waals surface area contributed by atoms with Gasteiger partial charge >= 0.3 is 0 Å². The van der Waals surface area contributed by atoms with E-state index in [4.69, 9.17) is 4.74 Å². The van der Waals surface area contributed by atoms with Crippen molar-refractivity contribution in [3.05, 3.63) is 33.7 Å². The second kappa shape index (κ2) is 8.96. The summed E-state index contributed by atoms with van der Waals surface area (Å²) in [7, 11) is 0. The van der Waals surface area contributed by atoms with Gasteiger partial charge < -0.3 is 4.74 Å². The van der Waals surface area contributed by atoms with Gasteiger partial charge in [-0.1, -0.05) is 13.8 Å². The predicted molar refractivity (Wildman–Crippen MR) is 117 cm³/mol. The van der Waals surface area contributed by atoms with E-state index in [1.54, 1.807) is 4.90 Å². The van der Waals surface area contributed by atoms with Crippen LogP contribution in [0.15, 0.2) is 22.0 Å². The first-order valence-corrected chi connectivity index (χ1v) is 10.6. The van der Waals surface area contributed by atoms with E-state index in [2.05, 4.69) is 37.9 Å². The molecule has 0 saturated carbocycles. The zero-order valence-electron chi connectivity index (χ0n) is 17.8. The summed E-state index contributed by atoms with van der Waals surface area (Å²) in [4.78, 5) is 20.1. The summed E-state index contributed by atoms with van der Waals surface area (Å²) < 4.78 is 5.81. The Kier molecular flexibility index (Phi) is 7.15. The molecule has 5 heteroatoms. The molecule has 0 radical (unpaired) electrons. The van der Waals surface area contributed by atoms with Crippen LogP contribution in [0.2, 0.25) is 0 Å². The zero-order valence-corrected chi connectivity index (χ0v) is 18.6. The first kappa shape index (κ1) is 21.5. The zero-order chi connectivity index (χ0) is 20.3. The van der Waals surface area contributed by atoms with E-state index in [1.165, 1.54) is 17.3 Å². The first-order chi connectivity index (χ1) is 12.6. The highest BCUT2D eigenvalue weighted by atomic mass is 32.2. The van der Waals surface area contributed by atoms with Crippen LogP contribution in [-0.2, 0) is 4.79 Å². The highest BCUT2D eigenvalue weighted by molar-refractivity contribution is 8.18. The average Bonchev–Trinajstić information content (AvgIpc) is 2.84. The number of hydrogen-bond donors (Lipinski definition) is 0. The summed E-state index contributed by atoms with van der Waals surface area (Å²) in [6, 6.07) is 4.48. The number of ether oxygens (including phenoxy) is 1. The van der Waals surface area contributed by atoms with Crippen molar-refractivity contribution in [2.24, 2.45) is 4.99 Å². The summed E-state index contributed by atoms with van der Waals surface area (Å²) in [5.41, 5.74) is 3.34. The fourth-order valence-electron chi connectivity index (χ4n) is 3.00. The third-order valence-corrected chi connectivity index (χ3v) is 5.33. The Morgan fingerprint density at radius 3 is 2.37 bits per heavy atom. The fraction of sp³-hybridized carbons (Fsp3) is 0.545. The third kappa shape index (κ3) is 4.95. The molecule has 1 aliphatic rings. The lowest BCUT2D eigenvalue weighted by molar-refractivity contribution is -0.123. The molecular weight excluding hydrogens is 356 g/mol. The second-order valence-corrected chi connectivity index (χ2v) is 8.73. The summed E-state index contributed by atoms with van der Waals surface area (Å²) >= 11 is 1.47. The summed E-state index contributed by atoms with van der Waals surface area (Å²) in [5.74, 6) is 1.32. The predicted octanol–water partition coefficient (Wildman–Crippen LogP) is 5.61. The molecule has 4 nitrogen and oxygen atoms in total. The minimum absolute atomic E-state index is 0.0359. The molecule has 0 aromatic heterocycles. The number of carbonyl (C=O) groups excluding carboxylic acids is 1. The number of hydrogen-bond acceptors (Lipinski definition) is 4. The van der Waals surface area contributed by atoms with Gasteiger partial charge in [-0.05, 0) is 94.1 Å². The van der Waals surface area contributed by atoms with Crippen LogP contribution in [0.5, 0.6) is 5.75 Å². The maximum atomic E-state index is 13.0. The lowest BCUT2D eigenvalue weighted by Gasteiger charge is -2.20. The Morgan fingerprint density at radius 2 is 1.85 bits per heavy atom. The highest BCUT2D eigenvalue weighted by Gasteiger charge is 2.35. The van der Waals surface area contributed by atoms with E-state index in [0.717, 1.165) is 26.9 Å². The van der Waals surface area contributed by atoms with Crippen LogP contribution in [0.1, 0.15) is 71.1 Å².